The van der Waals surface area contributed by atoms with Gasteiger partial charge in [-0.15, -0.1) is 5.10 Å². The monoisotopic (exact) mass is 222 g/mol. The molecule has 2 aromatic rings. The van der Waals surface area contributed by atoms with E-state index in [9.17, 15) is 0 Å². The summed E-state index contributed by atoms with van der Waals surface area (Å²) in [6, 6.07) is 0. The third kappa shape index (κ3) is 1.38. The van der Waals surface area contributed by atoms with Gasteiger partial charge >= 0.3 is 0 Å². The number of nitrogens with two attached hydrogens (primary N) is 2. The van der Waals surface area contributed by atoms with Crippen molar-refractivity contribution in [3.8, 4) is 5.82 Å². The summed E-state index contributed by atoms with van der Waals surface area (Å²) in [6.45, 7) is 3.52. The maximum absolute atomic E-state index is 5.55. The van der Waals surface area contributed by atoms with Crippen LogP contribution in [0.15, 0.2) is 9.73 Å². The van der Waals surface area contributed by atoms with Crippen molar-refractivity contribution in [3.05, 3.63) is 11.4 Å². The van der Waals surface area contributed by atoms with Gasteiger partial charge in [-0.1, -0.05) is 5.21 Å². The van der Waals surface area contributed by atoms with E-state index in [1.54, 1.807) is 13.8 Å². The summed E-state index contributed by atoms with van der Waals surface area (Å²) < 4.78 is 5.89. The molecule has 0 bridgehead atoms. The first kappa shape index (κ1) is 10.1. The Labute approximate surface area is 90.1 Å². The Morgan fingerprint density at radius 1 is 1.44 bits per heavy atom. The van der Waals surface area contributed by atoms with Gasteiger partial charge in [-0.2, -0.15) is 9.78 Å². The molecule has 0 atom stereocenters. The molecule has 84 valence electrons. The number of rotatable bonds is 2. The molecule has 0 aliphatic rings. The molecule has 0 aliphatic heterocycles. The molecule has 0 fully saturated rings. The second kappa shape index (κ2) is 3.61. The lowest BCUT2D eigenvalue weighted by Crippen LogP contribution is -2.05. The van der Waals surface area contributed by atoms with E-state index in [4.69, 9.17) is 11.6 Å². The minimum atomic E-state index is 0.141. The number of anilines is 1. The Morgan fingerprint density at radius 2 is 2.19 bits per heavy atom. The SMILES string of the molecule is C/C(=N\N)c1nnn(-c2nonc2N)c1C. The molecule has 0 aromatic carbocycles. The number of hydrogen-bond acceptors (Lipinski definition) is 8. The van der Waals surface area contributed by atoms with Crippen LogP contribution in [0, 0.1) is 6.92 Å². The maximum atomic E-state index is 5.55. The van der Waals surface area contributed by atoms with Crippen molar-refractivity contribution in [1.82, 2.24) is 25.3 Å². The summed E-state index contributed by atoms with van der Waals surface area (Å²) in [4.78, 5) is 0. The highest BCUT2D eigenvalue weighted by Crippen LogP contribution is 2.14. The van der Waals surface area contributed by atoms with Crippen LogP contribution in [0.5, 0.6) is 0 Å². The smallest absolute Gasteiger partial charge is 0.243 e. The van der Waals surface area contributed by atoms with Crippen molar-refractivity contribution in [2.75, 3.05) is 5.73 Å². The predicted molar refractivity (Wildman–Crippen MR) is 54.8 cm³/mol. The van der Waals surface area contributed by atoms with Gasteiger partial charge in [-0.05, 0) is 24.2 Å². The molecule has 2 aromatic heterocycles. The highest BCUT2D eigenvalue weighted by atomic mass is 16.6. The average molecular weight is 222 g/mol. The molecule has 0 radical (unpaired) electrons. The number of nitrogen functional groups attached to an aromatic ring is 1. The van der Waals surface area contributed by atoms with Gasteiger partial charge in [0, 0.05) is 0 Å². The fraction of sp³-hybridized carbons (Fsp3) is 0.286. The molecule has 4 N–H and O–H groups in total. The largest absolute Gasteiger partial charge is 0.378 e. The van der Waals surface area contributed by atoms with Crippen LogP contribution in [-0.2, 0) is 0 Å². The summed E-state index contributed by atoms with van der Waals surface area (Å²) in [7, 11) is 0. The average Bonchev–Trinajstić information content (AvgIpc) is 2.84. The van der Waals surface area contributed by atoms with Gasteiger partial charge in [-0.3, -0.25) is 0 Å². The molecule has 9 heteroatoms. The van der Waals surface area contributed by atoms with Crippen molar-refractivity contribution in [1.29, 1.82) is 0 Å². The van der Waals surface area contributed by atoms with Gasteiger partial charge in [-0.25, -0.2) is 4.63 Å². The van der Waals surface area contributed by atoms with E-state index >= 15 is 0 Å². The summed E-state index contributed by atoms with van der Waals surface area (Å²) in [5.74, 6) is 5.60. The molecule has 0 unspecified atom stereocenters. The first-order valence-electron chi connectivity index (χ1n) is 4.40. The first-order chi connectivity index (χ1) is 7.65. The highest BCUT2D eigenvalue weighted by molar-refractivity contribution is 5.97. The van der Waals surface area contributed by atoms with E-state index in [1.807, 2.05) is 0 Å². The molecule has 0 amide bonds. The number of nitrogens with zero attached hydrogens (tertiary/aromatic N) is 6. The first-order valence-corrected chi connectivity index (χ1v) is 4.40. The number of aromatic nitrogens is 5. The third-order valence-corrected chi connectivity index (χ3v) is 2.13. The molecule has 16 heavy (non-hydrogen) atoms. The third-order valence-electron chi connectivity index (χ3n) is 2.13. The van der Waals surface area contributed by atoms with Gasteiger partial charge in [0.1, 0.15) is 5.69 Å². The van der Waals surface area contributed by atoms with Crippen LogP contribution in [0.2, 0.25) is 0 Å². The van der Waals surface area contributed by atoms with Crippen molar-refractivity contribution < 1.29 is 4.63 Å². The van der Waals surface area contributed by atoms with Gasteiger partial charge in [0.25, 0.3) is 0 Å². The number of hydrogen-bond donors (Lipinski definition) is 2. The minimum Gasteiger partial charge on any atom is -0.378 e. The van der Waals surface area contributed by atoms with Crippen LogP contribution in [-0.4, -0.2) is 31.0 Å². The number of hydrazone groups is 1. The Hall–Kier alpha value is -2.45. The minimum absolute atomic E-state index is 0.141. The zero-order valence-corrected chi connectivity index (χ0v) is 8.75. The van der Waals surface area contributed by atoms with Crippen molar-refractivity contribution in [2.24, 2.45) is 10.9 Å². The standard InChI is InChI=1S/C7H10N8O/c1-3(10-9)5-4(2)15(14-11-5)7-6(8)12-16-13-7/h9H2,1-2H3,(H2,8,12)/b10-3+. The topological polar surface area (TPSA) is 134 Å². The summed E-state index contributed by atoms with van der Waals surface area (Å²) in [6.07, 6.45) is 0. The Morgan fingerprint density at radius 3 is 2.75 bits per heavy atom. The van der Waals surface area contributed by atoms with E-state index in [2.05, 4.69) is 30.4 Å². The van der Waals surface area contributed by atoms with Crippen molar-refractivity contribution in [2.45, 2.75) is 13.8 Å². The van der Waals surface area contributed by atoms with Gasteiger partial charge in [0.15, 0.2) is 0 Å². The van der Waals surface area contributed by atoms with E-state index in [1.165, 1.54) is 4.68 Å². The lowest BCUT2D eigenvalue weighted by molar-refractivity contribution is 0.306. The summed E-state index contributed by atoms with van der Waals surface area (Å²) in [5.41, 5.74) is 7.39. The highest BCUT2D eigenvalue weighted by Gasteiger charge is 2.17. The second-order valence-corrected chi connectivity index (χ2v) is 3.12. The molecule has 2 rings (SSSR count). The van der Waals surface area contributed by atoms with Gasteiger partial charge in [0.05, 0.1) is 11.4 Å². The van der Waals surface area contributed by atoms with Crippen LogP contribution in [0.4, 0.5) is 5.82 Å². The van der Waals surface area contributed by atoms with Crippen LogP contribution in [0.25, 0.3) is 5.82 Å². The van der Waals surface area contributed by atoms with Gasteiger partial charge in [0.2, 0.25) is 11.6 Å². The van der Waals surface area contributed by atoms with E-state index < -0.39 is 0 Å². The Balaban J connectivity index is 2.54. The molecule has 0 saturated heterocycles. The van der Waals surface area contributed by atoms with E-state index in [0.717, 1.165) is 0 Å². The van der Waals surface area contributed by atoms with Crippen LogP contribution >= 0.6 is 0 Å². The summed E-state index contributed by atoms with van der Waals surface area (Å²) >= 11 is 0. The lowest BCUT2D eigenvalue weighted by Gasteiger charge is -1.98. The molecule has 9 nitrogen and oxygen atoms in total. The Bertz CT molecular complexity index is 538. The van der Waals surface area contributed by atoms with Crippen molar-refractivity contribution in [3.63, 3.8) is 0 Å². The maximum Gasteiger partial charge on any atom is 0.243 e. The second-order valence-electron chi connectivity index (χ2n) is 3.12. The predicted octanol–water partition coefficient (Wildman–Crippen LogP) is -0.776. The van der Waals surface area contributed by atoms with Crippen LogP contribution < -0.4 is 11.6 Å². The fourth-order valence-corrected chi connectivity index (χ4v) is 1.26. The lowest BCUT2D eigenvalue weighted by atomic mass is 10.2. The zero-order valence-electron chi connectivity index (χ0n) is 8.75. The van der Waals surface area contributed by atoms with E-state index in [0.29, 0.717) is 22.9 Å². The molecule has 0 saturated carbocycles. The Kier molecular flexibility index (Phi) is 2.27. The fourth-order valence-electron chi connectivity index (χ4n) is 1.26. The molecule has 0 spiro atoms. The van der Waals surface area contributed by atoms with Crippen LogP contribution in [0.1, 0.15) is 18.3 Å². The van der Waals surface area contributed by atoms with Crippen molar-refractivity contribution >= 4 is 11.5 Å². The van der Waals surface area contributed by atoms with Gasteiger partial charge < -0.3 is 11.6 Å². The molecule has 2 heterocycles. The zero-order chi connectivity index (χ0) is 11.7. The summed E-state index contributed by atoms with van der Waals surface area (Å²) in [5, 5.41) is 18.4. The van der Waals surface area contributed by atoms with Crippen LogP contribution in [0.3, 0.4) is 0 Å². The molecule has 0 aliphatic carbocycles. The normalized spacial score (nSPS) is 12.0. The molecular formula is C7H10N8O. The van der Waals surface area contributed by atoms with E-state index in [-0.39, 0.29) is 5.82 Å². The molecular weight excluding hydrogens is 212 g/mol. The quantitative estimate of drug-likeness (QED) is 0.386.